The molecule has 134 valence electrons. The molecule has 1 aliphatic rings. The Kier molecular flexibility index (Phi) is 4.55. The number of rotatable bonds is 4. The maximum absolute atomic E-state index is 12.6. The van der Waals surface area contributed by atoms with E-state index in [1.54, 1.807) is 30.9 Å². The minimum Gasteiger partial charge on any atom is -0.360 e. The second kappa shape index (κ2) is 6.51. The fourth-order valence-electron chi connectivity index (χ4n) is 3.09. The molecule has 0 unspecified atom stereocenters. The van der Waals surface area contributed by atoms with Crippen molar-refractivity contribution in [2.75, 3.05) is 16.2 Å². The molecule has 3 rings (SSSR count). The second-order valence-corrected chi connectivity index (χ2v) is 7.88. The SMILES string of the molecule is Cc1ccc(NS(=O)(=O)c2c(C)noc2C)cc1N1CCCCC1=O. The van der Waals surface area contributed by atoms with Crippen molar-refractivity contribution in [1.82, 2.24) is 5.16 Å². The van der Waals surface area contributed by atoms with Crippen molar-refractivity contribution in [3.63, 3.8) is 0 Å². The lowest BCUT2D eigenvalue weighted by atomic mass is 10.1. The van der Waals surface area contributed by atoms with E-state index in [0.29, 0.717) is 24.3 Å². The number of sulfonamides is 1. The van der Waals surface area contributed by atoms with E-state index in [2.05, 4.69) is 9.88 Å². The molecule has 8 heteroatoms. The van der Waals surface area contributed by atoms with E-state index < -0.39 is 10.0 Å². The molecule has 0 spiro atoms. The largest absolute Gasteiger partial charge is 0.360 e. The van der Waals surface area contributed by atoms with Crippen LogP contribution in [0.5, 0.6) is 0 Å². The van der Waals surface area contributed by atoms with Crippen LogP contribution in [0.4, 0.5) is 11.4 Å². The highest BCUT2D eigenvalue weighted by atomic mass is 32.2. The van der Waals surface area contributed by atoms with E-state index in [4.69, 9.17) is 4.52 Å². The summed E-state index contributed by atoms with van der Waals surface area (Å²) in [7, 11) is -3.81. The van der Waals surface area contributed by atoms with Gasteiger partial charge in [-0.3, -0.25) is 9.52 Å². The Morgan fingerprint density at radius 2 is 1.96 bits per heavy atom. The zero-order valence-electron chi connectivity index (χ0n) is 14.5. The number of benzene rings is 1. The normalized spacial score (nSPS) is 15.5. The summed E-state index contributed by atoms with van der Waals surface area (Å²) in [6, 6.07) is 5.19. The van der Waals surface area contributed by atoms with Gasteiger partial charge in [-0.15, -0.1) is 0 Å². The number of piperidine rings is 1. The molecule has 1 aromatic carbocycles. The van der Waals surface area contributed by atoms with Crippen LogP contribution >= 0.6 is 0 Å². The Balaban J connectivity index is 1.94. The summed E-state index contributed by atoms with van der Waals surface area (Å²) in [5, 5.41) is 3.69. The number of carbonyl (C=O) groups is 1. The molecule has 0 atom stereocenters. The molecule has 0 aliphatic carbocycles. The highest BCUT2D eigenvalue weighted by molar-refractivity contribution is 7.92. The predicted molar refractivity (Wildman–Crippen MR) is 94.2 cm³/mol. The van der Waals surface area contributed by atoms with Crippen LogP contribution in [0, 0.1) is 20.8 Å². The quantitative estimate of drug-likeness (QED) is 0.901. The van der Waals surface area contributed by atoms with Gasteiger partial charge in [0.05, 0.1) is 5.69 Å². The lowest BCUT2D eigenvalue weighted by Crippen LogP contribution is -2.35. The van der Waals surface area contributed by atoms with Crippen molar-refractivity contribution >= 4 is 27.3 Å². The summed E-state index contributed by atoms with van der Waals surface area (Å²) in [5.41, 5.74) is 2.38. The average molecular weight is 363 g/mol. The monoisotopic (exact) mass is 363 g/mol. The van der Waals surface area contributed by atoms with Crippen LogP contribution in [0.2, 0.25) is 0 Å². The van der Waals surface area contributed by atoms with Gasteiger partial charge in [-0.05, 0) is 51.3 Å². The molecular weight excluding hydrogens is 342 g/mol. The molecule has 0 radical (unpaired) electrons. The number of aryl methyl sites for hydroxylation is 3. The molecule has 1 amide bonds. The van der Waals surface area contributed by atoms with Crippen LogP contribution in [0.1, 0.15) is 36.3 Å². The first kappa shape index (κ1) is 17.5. The first-order valence-corrected chi connectivity index (χ1v) is 9.64. The summed E-state index contributed by atoms with van der Waals surface area (Å²) in [4.78, 5) is 14.0. The summed E-state index contributed by atoms with van der Waals surface area (Å²) in [5.74, 6) is 0.309. The Labute approximate surface area is 147 Å². The van der Waals surface area contributed by atoms with Crippen molar-refractivity contribution in [3.05, 3.63) is 35.2 Å². The van der Waals surface area contributed by atoms with Crippen molar-refractivity contribution in [3.8, 4) is 0 Å². The number of hydrogen-bond acceptors (Lipinski definition) is 5. The number of nitrogens with zero attached hydrogens (tertiary/aromatic N) is 2. The van der Waals surface area contributed by atoms with Crippen molar-refractivity contribution < 1.29 is 17.7 Å². The number of hydrogen-bond donors (Lipinski definition) is 1. The molecule has 1 fully saturated rings. The number of amides is 1. The van der Waals surface area contributed by atoms with E-state index in [1.807, 2.05) is 13.0 Å². The molecule has 1 aliphatic heterocycles. The van der Waals surface area contributed by atoms with E-state index in [1.165, 1.54) is 0 Å². The van der Waals surface area contributed by atoms with Gasteiger partial charge in [0.2, 0.25) is 5.91 Å². The molecule has 1 N–H and O–H groups in total. The molecule has 0 saturated carbocycles. The van der Waals surface area contributed by atoms with E-state index in [0.717, 1.165) is 24.1 Å². The third-order valence-corrected chi connectivity index (χ3v) is 5.94. The maximum Gasteiger partial charge on any atom is 0.267 e. The van der Waals surface area contributed by atoms with E-state index in [-0.39, 0.29) is 16.6 Å². The van der Waals surface area contributed by atoms with Crippen LogP contribution in [-0.2, 0) is 14.8 Å². The minimum absolute atomic E-state index is 0.0451. The fraction of sp³-hybridized carbons (Fsp3) is 0.412. The highest BCUT2D eigenvalue weighted by Crippen LogP contribution is 2.29. The van der Waals surface area contributed by atoms with Crippen LogP contribution in [0.25, 0.3) is 0 Å². The highest BCUT2D eigenvalue weighted by Gasteiger charge is 2.25. The summed E-state index contributed by atoms with van der Waals surface area (Å²) in [6.45, 7) is 5.70. The van der Waals surface area contributed by atoms with Crippen LogP contribution < -0.4 is 9.62 Å². The van der Waals surface area contributed by atoms with Gasteiger partial charge in [0.1, 0.15) is 5.69 Å². The maximum atomic E-state index is 12.6. The molecule has 25 heavy (non-hydrogen) atoms. The molecule has 2 aromatic rings. The summed E-state index contributed by atoms with van der Waals surface area (Å²) >= 11 is 0. The minimum atomic E-state index is -3.81. The van der Waals surface area contributed by atoms with Gasteiger partial charge in [-0.25, -0.2) is 8.42 Å². The average Bonchev–Trinajstić information content (AvgIpc) is 2.89. The lowest BCUT2D eigenvalue weighted by Gasteiger charge is -2.28. The topological polar surface area (TPSA) is 92.5 Å². The molecule has 1 aromatic heterocycles. The van der Waals surface area contributed by atoms with Gasteiger partial charge in [-0.2, -0.15) is 0 Å². The van der Waals surface area contributed by atoms with Gasteiger partial charge < -0.3 is 9.42 Å². The van der Waals surface area contributed by atoms with Gasteiger partial charge >= 0.3 is 0 Å². The standard InChI is InChI=1S/C17H21N3O4S/c1-11-7-8-14(10-15(11)20-9-5-4-6-16(20)21)19-25(22,23)17-12(2)18-24-13(17)3/h7-8,10,19H,4-6,9H2,1-3H3. The van der Waals surface area contributed by atoms with Crippen molar-refractivity contribution in [2.45, 2.75) is 44.9 Å². The Morgan fingerprint density at radius 1 is 1.20 bits per heavy atom. The Hall–Kier alpha value is -2.35. The third-order valence-electron chi connectivity index (χ3n) is 4.31. The number of anilines is 2. The van der Waals surface area contributed by atoms with Gasteiger partial charge in [0, 0.05) is 18.7 Å². The molecule has 1 saturated heterocycles. The summed E-state index contributed by atoms with van der Waals surface area (Å²) < 4.78 is 32.8. The summed E-state index contributed by atoms with van der Waals surface area (Å²) in [6.07, 6.45) is 2.36. The van der Waals surface area contributed by atoms with E-state index >= 15 is 0 Å². The first-order chi connectivity index (χ1) is 11.8. The van der Waals surface area contributed by atoms with Gasteiger partial charge in [-0.1, -0.05) is 11.2 Å². The number of carbonyl (C=O) groups excluding carboxylic acids is 1. The van der Waals surface area contributed by atoms with Crippen LogP contribution in [0.3, 0.4) is 0 Å². The number of aromatic nitrogens is 1. The first-order valence-electron chi connectivity index (χ1n) is 8.16. The smallest absolute Gasteiger partial charge is 0.267 e. The van der Waals surface area contributed by atoms with Crippen molar-refractivity contribution in [1.29, 1.82) is 0 Å². The van der Waals surface area contributed by atoms with Crippen molar-refractivity contribution in [2.24, 2.45) is 0 Å². The predicted octanol–water partition coefficient (Wildman–Crippen LogP) is 2.92. The third kappa shape index (κ3) is 3.39. The lowest BCUT2D eigenvalue weighted by molar-refractivity contribution is -0.119. The number of nitrogens with one attached hydrogen (secondary N) is 1. The fourth-order valence-corrected chi connectivity index (χ4v) is 4.47. The van der Waals surface area contributed by atoms with E-state index in [9.17, 15) is 13.2 Å². The molecule has 2 heterocycles. The second-order valence-electron chi connectivity index (χ2n) is 6.26. The van der Waals surface area contributed by atoms with Gasteiger partial charge in [0.25, 0.3) is 10.0 Å². The van der Waals surface area contributed by atoms with Crippen LogP contribution in [0.15, 0.2) is 27.6 Å². The Bertz CT molecular complexity index is 898. The Morgan fingerprint density at radius 3 is 2.60 bits per heavy atom. The zero-order chi connectivity index (χ0) is 18.2. The van der Waals surface area contributed by atoms with Gasteiger partial charge in [0.15, 0.2) is 10.7 Å². The molecular formula is C17H21N3O4S. The zero-order valence-corrected chi connectivity index (χ0v) is 15.3. The molecule has 7 nitrogen and oxygen atoms in total. The van der Waals surface area contributed by atoms with Crippen LogP contribution in [-0.4, -0.2) is 26.0 Å². The molecule has 0 bridgehead atoms.